The summed E-state index contributed by atoms with van der Waals surface area (Å²) in [6, 6.07) is 6.00. The van der Waals surface area contributed by atoms with Gasteiger partial charge in [0.15, 0.2) is 5.65 Å². The Balaban J connectivity index is 1.51. The first-order valence-electron chi connectivity index (χ1n) is 9.69. The van der Waals surface area contributed by atoms with Gasteiger partial charge in [-0.3, -0.25) is 15.1 Å². The molecule has 0 saturated carbocycles. The van der Waals surface area contributed by atoms with Crippen molar-refractivity contribution < 1.29 is 0 Å². The van der Waals surface area contributed by atoms with Gasteiger partial charge in [-0.25, -0.2) is 9.97 Å². The molecular formula is C22H17N9. The first-order valence-corrected chi connectivity index (χ1v) is 9.69. The lowest BCUT2D eigenvalue weighted by Gasteiger charge is -2.02. The number of hydrogen-bond donors (Lipinski definition) is 3. The number of imidazole rings is 1. The van der Waals surface area contributed by atoms with Crippen LogP contribution in [0.25, 0.3) is 50.1 Å². The predicted molar refractivity (Wildman–Crippen MR) is 118 cm³/mol. The van der Waals surface area contributed by atoms with E-state index in [1.165, 1.54) is 0 Å². The predicted octanol–water partition coefficient (Wildman–Crippen LogP) is 3.64. The Kier molecular flexibility index (Phi) is 3.63. The number of anilines is 1. The number of rotatable bonds is 3. The van der Waals surface area contributed by atoms with Crippen molar-refractivity contribution in [2.75, 3.05) is 5.73 Å². The Hall–Kier alpha value is -4.53. The van der Waals surface area contributed by atoms with Crippen molar-refractivity contribution in [3.8, 4) is 28.2 Å². The quantitative estimate of drug-likeness (QED) is 0.411. The van der Waals surface area contributed by atoms with Crippen molar-refractivity contribution in [3.05, 3.63) is 67.4 Å². The molecule has 0 aliphatic heterocycles. The maximum Gasteiger partial charge on any atom is 0.155 e. The van der Waals surface area contributed by atoms with Crippen molar-refractivity contribution in [1.82, 2.24) is 39.7 Å². The van der Waals surface area contributed by atoms with Gasteiger partial charge >= 0.3 is 0 Å². The molecule has 6 aromatic heterocycles. The van der Waals surface area contributed by atoms with E-state index in [2.05, 4.69) is 41.2 Å². The van der Waals surface area contributed by atoms with Crippen molar-refractivity contribution in [2.24, 2.45) is 0 Å². The topological polar surface area (TPSA) is 127 Å². The van der Waals surface area contributed by atoms with Gasteiger partial charge in [-0.1, -0.05) is 0 Å². The number of fused-ring (bicyclic) bond motifs is 2. The highest BCUT2D eigenvalue weighted by Gasteiger charge is 2.15. The molecule has 0 bridgehead atoms. The second-order valence-electron chi connectivity index (χ2n) is 7.42. The first kappa shape index (κ1) is 17.3. The zero-order chi connectivity index (χ0) is 20.9. The third-order valence-corrected chi connectivity index (χ3v) is 5.28. The van der Waals surface area contributed by atoms with Gasteiger partial charge in [0, 0.05) is 46.7 Å². The zero-order valence-electron chi connectivity index (χ0n) is 16.5. The van der Waals surface area contributed by atoms with Gasteiger partial charge in [0.2, 0.25) is 0 Å². The van der Waals surface area contributed by atoms with Crippen LogP contribution in [-0.2, 0) is 0 Å². The van der Waals surface area contributed by atoms with Crippen LogP contribution in [0.2, 0.25) is 0 Å². The van der Waals surface area contributed by atoms with Crippen LogP contribution in [0.15, 0.2) is 61.7 Å². The summed E-state index contributed by atoms with van der Waals surface area (Å²) in [6.45, 7) is 1.96. The average Bonchev–Trinajstić information content (AvgIpc) is 3.50. The van der Waals surface area contributed by atoms with E-state index in [0.717, 1.165) is 50.2 Å². The van der Waals surface area contributed by atoms with Crippen LogP contribution in [0.1, 0.15) is 5.69 Å². The largest absolute Gasteiger partial charge is 0.397 e. The minimum atomic E-state index is 0.607. The summed E-state index contributed by atoms with van der Waals surface area (Å²) in [4.78, 5) is 20.9. The van der Waals surface area contributed by atoms with E-state index in [-0.39, 0.29) is 0 Å². The summed E-state index contributed by atoms with van der Waals surface area (Å²) in [6.07, 6.45) is 12.6. The van der Waals surface area contributed by atoms with Gasteiger partial charge in [0.05, 0.1) is 47.0 Å². The van der Waals surface area contributed by atoms with Gasteiger partial charge in [0.1, 0.15) is 5.69 Å². The summed E-state index contributed by atoms with van der Waals surface area (Å²) in [7, 11) is 0. The third-order valence-electron chi connectivity index (χ3n) is 5.28. The lowest BCUT2D eigenvalue weighted by molar-refractivity contribution is 1.05. The lowest BCUT2D eigenvalue weighted by atomic mass is 10.1. The Morgan fingerprint density at radius 2 is 1.77 bits per heavy atom. The summed E-state index contributed by atoms with van der Waals surface area (Å²) < 4.78 is 1.97. The van der Waals surface area contributed by atoms with Crippen LogP contribution in [0.3, 0.4) is 0 Å². The SMILES string of the molecule is Cc1cn(-c2cncc3[nH]c(-c4n[nH]c5ncc(-c6cncc(N)c6)cc45)cc23)cn1. The zero-order valence-corrected chi connectivity index (χ0v) is 16.5. The van der Waals surface area contributed by atoms with Crippen LogP contribution in [-0.4, -0.2) is 39.7 Å². The monoisotopic (exact) mass is 407 g/mol. The van der Waals surface area contributed by atoms with E-state index in [9.17, 15) is 0 Å². The number of pyridine rings is 3. The molecule has 0 spiro atoms. The molecule has 4 N–H and O–H groups in total. The van der Waals surface area contributed by atoms with Gasteiger partial charge in [-0.05, 0) is 25.1 Å². The van der Waals surface area contributed by atoms with Gasteiger partial charge in [-0.15, -0.1) is 0 Å². The second-order valence-corrected chi connectivity index (χ2v) is 7.42. The molecule has 0 aromatic carbocycles. The number of aromatic nitrogens is 8. The minimum Gasteiger partial charge on any atom is -0.397 e. The van der Waals surface area contributed by atoms with E-state index in [1.807, 2.05) is 42.2 Å². The van der Waals surface area contributed by atoms with E-state index < -0.39 is 0 Å². The van der Waals surface area contributed by atoms with Crippen LogP contribution in [0.4, 0.5) is 5.69 Å². The molecule has 9 nitrogen and oxygen atoms in total. The average molecular weight is 407 g/mol. The lowest BCUT2D eigenvalue weighted by Crippen LogP contribution is -1.91. The molecule has 0 atom stereocenters. The molecule has 0 unspecified atom stereocenters. The van der Waals surface area contributed by atoms with Gasteiger partial charge in [0.25, 0.3) is 0 Å². The van der Waals surface area contributed by atoms with E-state index in [4.69, 9.17) is 5.73 Å². The van der Waals surface area contributed by atoms with Crippen molar-refractivity contribution in [2.45, 2.75) is 6.92 Å². The highest BCUT2D eigenvalue weighted by molar-refractivity contribution is 5.97. The molecule has 6 heterocycles. The Morgan fingerprint density at radius 1 is 0.903 bits per heavy atom. The molecular weight excluding hydrogens is 390 g/mol. The van der Waals surface area contributed by atoms with Crippen LogP contribution in [0.5, 0.6) is 0 Å². The third kappa shape index (κ3) is 2.83. The fraction of sp³-hybridized carbons (Fsp3) is 0.0455. The fourth-order valence-corrected chi connectivity index (χ4v) is 3.80. The van der Waals surface area contributed by atoms with E-state index >= 15 is 0 Å². The number of nitrogens with one attached hydrogen (secondary N) is 2. The highest BCUT2D eigenvalue weighted by Crippen LogP contribution is 2.32. The summed E-state index contributed by atoms with van der Waals surface area (Å²) in [5, 5.41) is 9.47. The Bertz CT molecular complexity index is 1570. The molecule has 0 aliphatic carbocycles. The molecule has 0 aliphatic rings. The molecule has 6 rings (SSSR count). The maximum absolute atomic E-state index is 5.90. The Morgan fingerprint density at radius 3 is 2.61 bits per heavy atom. The number of nitrogens with zero attached hydrogens (tertiary/aromatic N) is 6. The van der Waals surface area contributed by atoms with E-state index in [1.54, 1.807) is 24.9 Å². The second kappa shape index (κ2) is 6.49. The summed E-state index contributed by atoms with van der Waals surface area (Å²) in [5.41, 5.74) is 13.5. The fourth-order valence-electron chi connectivity index (χ4n) is 3.80. The van der Waals surface area contributed by atoms with Crippen LogP contribution >= 0.6 is 0 Å². The summed E-state index contributed by atoms with van der Waals surface area (Å²) >= 11 is 0. The number of aromatic amines is 2. The number of aryl methyl sites for hydroxylation is 1. The van der Waals surface area contributed by atoms with Gasteiger partial charge in [-0.2, -0.15) is 5.10 Å². The molecule has 9 heteroatoms. The van der Waals surface area contributed by atoms with Crippen LogP contribution in [0, 0.1) is 6.92 Å². The number of nitrogen functional groups attached to an aromatic ring is 1. The van der Waals surface area contributed by atoms with Gasteiger partial charge < -0.3 is 15.3 Å². The molecule has 0 saturated heterocycles. The summed E-state index contributed by atoms with van der Waals surface area (Å²) in [5.74, 6) is 0. The van der Waals surface area contributed by atoms with Crippen LogP contribution < -0.4 is 5.73 Å². The minimum absolute atomic E-state index is 0.607. The number of hydrogen-bond acceptors (Lipinski definition) is 6. The standard InChI is InChI=1S/C22H17N9/c1-12-10-31(11-27-12)20-9-25-8-19-16(20)4-18(28-19)21-17-3-14(6-26-22(17)30-29-21)13-2-15(23)7-24-5-13/h2-11,28H,23H2,1H3,(H,26,29,30). The van der Waals surface area contributed by atoms with Crippen molar-refractivity contribution in [3.63, 3.8) is 0 Å². The molecule has 31 heavy (non-hydrogen) atoms. The normalized spacial score (nSPS) is 11.5. The van der Waals surface area contributed by atoms with E-state index in [0.29, 0.717) is 11.3 Å². The highest BCUT2D eigenvalue weighted by atomic mass is 15.2. The Labute approximate surface area is 176 Å². The van der Waals surface area contributed by atoms with Crippen molar-refractivity contribution in [1.29, 1.82) is 0 Å². The smallest absolute Gasteiger partial charge is 0.155 e. The molecule has 0 radical (unpaired) electrons. The molecule has 0 amide bonds. The number of H-pyrrole nitrogens is 2. The molecule has 6 aromatic rings. The van der Waals surface area contributed by atoms with Crippen molar-refractivity contribution >= 4 is 27.6 Å². The molecule has 150 valence electrons. The maximum atomic E-state index is 5.90. The molecule has 0 fully saturated rings. The first-order chi connectivity index (χ1) is 15.2. The number of nitrogens with two attached hydrogens (primary N) is 1.